The van der Waals surface area contributed by atoms with Crippen LogP contribution in [0.5, 0.6) is 23.0 Å². The van der Waals surface area contributed by atoms with Gasteiger partial charge in [-0.2, -0.15) is 0 Å². The molecule has 8 rings (SSSR count). The molecule has 4 heterocycles. The number of fused-ring (bicyclic) bond motifs is 1. The second kappa shape index (κ2) is 12.4. The number of nitrogens with zero attached hydrogens (tertiary/aromatic N) is 1. The van der Waals surface area contributed by atoms with Crippen molar-refractivity contribution in [3.63, 3.8) is 0 Å². The SMILES string of the molecule is O=C1CCc2ccc(O)c(c2)Oc2ccc3c(c2)CCN(C(=O)Cc2ccccc2)C3c2ccc(cc2)OCCCN1. The first-order chi connectivity index (χ1) is 20.5. The van der Waals surface area contributed by atoms with Gasteiger partial charge in [-0.3, -0.25) is 9.59 Å². The molecule has 0 aromatic heterocycles. The molecule has 4 aliphatic heterocycles. The molecule has 214 valence electrons. The summed E-state index contributed by atoms with van der Waals surface area (Å²) in [5.74, 6) is 1.78. The molecule has 1 unspecified atom stereocenters. The number of phenols is 1. The van der Waals surface area contributed by atoms with E-state index in [1.807, 2.05) is 83.8 Å². The van der Waals surface area contributed by atoms with Crippen molar-refractivity contribution >= 4 is 11.8 Å². The highest BCUT2D eigenvalue weighted by molar-refractivity contribution is 5.80. The van der Waals surface area contributed by atoms with Crippen molar-refractivity contribution in [2.75, 3.05) is 19.7 Å². The summed E-state index contributed by atoms with van der Waals surface area (Å²) >= 11 is 0. The van der Waals surface area contributed by atoms with Gasteiger partial charge in [0.2, 0.25) is 11.8 Å². The van der Waals surface area contributed by atoms with Gasteiger partial charge in [-0.05, 0) is 83.5 Å². The predicted octanol–water partition coefficient (Wildman–Crippen LogP) is 5.73. The highest BCUT2D eigenvalue weighted by Crippen LogP contribution is 2.39. The summed E-state index contributed by atoms with van der Waals surface area (Å²) in [7, 11) is 0. The van der Waals surface area contributed by atoms with Crippen molar-refractivity contribution in [1.29, 1.82) is 0 Å². The third-order valence-electron chi connectivity index (χ3n) is 7.86. The normalized spacial score (nSPS) is 17.0. The highest BCUT2D eigenvalue weighted by atomic mass is 16.5. The van der Waals surface area contributed by atoms with Crippen LogP contribution >= 0.6 is 0 Å². The number of phenolic OH excluding ortho intramolecular Hbond substituents is 1. The van der Waals surface area contributed by atoms with Crippen LogP contribution in [0.25, 0.3) is 0 Å². The Morgan fingerprint density at radius 3 is 2.55 bits per heavy atom. The smallest absolute Gasteiger partial charge is 0.227 e. The fraction of sp³-hybridized carbons (Fsp3) is 0.257. The maximum absolute atomic E-state index is 13.7. The number of hydrogen-bond acceptors (Lipinski definition) is 5. The van der Waals surface area contributed by atoms with E-state index in [2.05, 4.69) is 5.32 Å². The molecule has 2 amide bonds. The minimum Gasteiger partial charge on any atom is -0.504 e. The molecule has 8 bridgehead atoms. The molecule has 4 aliphatic rings. The molecule has 0 saturated heterocycles. The Labute approximate surface area is 245 Å². The first-order valence-corrected chi connectivity index (χ1v) is 14.5. The van der Waals surface area contributed by atoms with Crippen molar-refractivity contribution in [2.45, 2.75) is 38.1 Å². The lowest BCUT2D eigenvalue weighted by Crippen LogP contribution is -2.41. The van der Waals surface area contributed by atoms with Gasteiger partial charge < -0.3 is 24.8 Å². The minimum absolute atomic E-state index is 0.0307. The van der Waals surface area contributed by atoms with Crippen LogP contribution < -0.4 is 14.8 Å². The summed E-state index contributed by atoms with van der Waals surface area (Å²) in [6.07, 6.45) is 2.58. The van der Waals surface area contributed by atoms with Crippen LogP contribution in [0.1, 0.15) is 46.7 Å². The third kappa shape index (κ3) is 6.25. The average Bonchev–Trinajstić information content (AvgIpc) is 3.01. The van der Waals surface area contributed by atoms with Crippen LogP contribution in [0.3, 0.4) is 0 Å². The van der Waals surface area contributed by atoms with Crippen molar-refractivity contribution in [3.8, 4) is 23.0 Å². The van der Waals surface area contributed by atoms with Gasteiger partial charge in [-0.25, -0.2) is 0 Å². The number of aryl methyl sites for hydroxylation is 1. The molecule has 0 saturated carbocycles. The first-order valence-electron chi connectivity index (χ1n) is 14.5. The van der Waals surface area contributed by atoms with E-state index in [1.54, 1.807) is 12.1 Å². The van der Waals surface area contributed by atoms with Gasteiger partial charge in [-0.15, -0.1) is 0 Å². The van der Waals surface area contributed by atoms with Crippen LogP contribution in [0.15, 0.2) is 91.0 Å². The van der Waals surface area contributed by atoms with Crippen LogP contribution in [0.4, 0.5) is 0 Å². The standard InChI is InChI=1S/C35H34N2O5/c38-31-15-7-25-8-16-33(39)36-18-4-20-41-28-11-9-26(10-12-28)35-30-14-13-29(42-32(31)21-25)23-27(30)17-19-37(35)34(40)22-24-5-2-1-3-6-24/h1-3,5-7,9-15,21,23,35,38H,4,8,16-20,22H2,(H,36,39). The Morgan fingerprint density at radius 2 is 1.71 bits per heavy atom. The Hall–Kier alpha value is -4.78. The summed E-state index contributed by atoms with van der Waals surface area (Å²) in [6.45, 7) is 1.58. The van der Waals surface area contributed by atoms with Gasteiger partial charge >= 0.3 is 0 Å². The Kier molecular flexibility index (Phi) is 8.08. The summed E-state index contributed by atoms with van der Waals surface area (Å²) in [4.78, 5) is 28.0. The van der Waals surface area contributed by atoms with E-state index in [4.69, 9.17) is 9.47 Å². The second-order valence-corrected chi connectivity index (χ2v) is 10.8. The molecule has 4 aromatic carbocycles. The molecule has 0 fully saturated rings. The topological polar surface area (TPSA) is 88.1 Å². The van der Waals surface area contributed by atoms with Gasteiger partial charge in [-0.1, -0.05) is 54.6 Å². The number of carbonyl (C=O) groups excluding carboxylic acids is 2. The molecule has 0 spiro atoms. The van der Waals surface area contributed by atoms with Gasteiger partial charge in [0.15, 0.2) is 11.5 Å². The predicted molar refractivity (Wildman–Crippen MR) is 160 cm³/mol. The summed E-state index contributed by atoms with van der Waals surface area (Å²) in [6, 6.07) is 28.6. The van der Waals surface area contributed by atoms with E-state index in [9.17, 15) is 14.7 Å². The van der Waals surface area contributed by atoms with Gasteiger partial charge in [0, 0.05) is 19.5 Å². The van der Waals surface area contributed by atoms with Crippen LogP contribution in [0, 0.1) is 0 Å². The van der Waals surface area contributed by atoms with Crippen molar-refractivity contribution in [1.82, 2.24) is 10.2 Å². The number of nitrogens with one attached hydrogen (secondary N) is 1. The van der Waals surface area contributed by atoms with E-state index < -0.39 is 0 Å². The van der Waals surface area contributed by atoms with Crippen LogP contribution in [-0.4, -0.2) is 41.5 Å². The highest BCUT2D eigenvalue weighted by Gasteiger charge is 2.32. The van der Waals surface area contributed by atoms with Gasteiger partial charge in [0.05, 0.1) is 19.1 Å². The zero-order valence-corrected chi connectivity index (χ0v) is 23.4. The fourth-order valence-electron chi connectivity index (χ4n) is 5.67. The fourth-order valence-corrected chi connectivity index (χ4v) is 5.67. The lowest BCUT2D eigenvalue weighted by atomic mass is 9.87. The van der Waals surface area contributed by atoms with Crippen molar-refractivity contribution in [3.05, 3.63) is 119 Å². The lowest BCUT2D eigenvalue weighted by molar-refractivity contribution is -0.132. The Morgan fingerprint density at radius 1 is 0.905 bits per heavy atom. The number of ether oxygens (including phenoxy) is 2. The van der Waals surface area contributed by atoms with E-state index in [1.165, 1.54) is 0 Å². The Bertz CT molecular complexity index is 1570. The van der Waals surface area contributed by atoms with Crippen LogP contribution in [-0.2, 0) is 28.9 Å². The first kappa shape index (κ1) is 27.4. The molecule has 42 heavy (non-hydrogen) atoms. The van der Waals surface area contributed by atoms with E-state index in [-0.39, 0.29) is 23.6 Å². The third-order valence-corrected chi connectivity index (χ3v) is 7.86. The number of carbonyl (C=O) groups is 2. The molecule has 1 atom stereocenters. The number of rotatable bonds is 2. The van der Waals surface area contributed by atoms with Gasteiger partial charge in [0.1, 0.15) is 11.5 Å². The summed E-state index contributed by atoms with van der Waals surface area (Å²) < 4.78 is 12.1. The molecule has 0 aliphatic carbocycles. The van der Waals surface area contributed by atoms with Crippen molar-refractivity contribution in [2.24, 2.45) is 0 Å². The lowest BCUT2D eigenvalue weighted by Gasteiger charge is -2.38. The zero-order valence-electron chi connectivity index (χ0n) is 23.4. The zero-order chi connectivity index (χ0) is 28.9. The monoisotopic (exact) mass is 562 g/mol. The quantitative estimate of drug-likeness (QED) is 0.326. The van der Waals surface area contributed by atoms with Gasteiger partial charge in [0.25, 0.3) is 0 Å². The average molecular weight is 563 g/mol. The number of benzene rings is 4. The maximum atomic E-state index is 13.7. The van der Waals surface area contributed by atoms with E-state index in [0.29, 0.717) is 63.3 Å². The summed E-state index contributed by atoms with van der Waals surface area (Å²) in [5, 5.41) is 13.5. The van der Waals surface area contributed by atoms with E-state index >= 15 is 0 Å². The molecule has 0 radical (unpaired) electrons. The van der Waals surface area contributed by atoms with Crippen LogP contribution in [0.2, 0.25) is 0 Å². The number of amides is 2. The molecule has 4 aromatic rings. The maximum Gasteiger partial charge on any atom is 0.227 e. The van der Waals surface area contributed by atoms with Crippen molar-refractivity contribution < 1.29 is 24.2 Å². The molecule has 7 heteroatoms. The number of hydrogen-bond donors (Lipinski definition) is 2. The van der Waals surface area contributed by atoms with E-state index in [0.717, 1.165) is 33.6 Å². The molecule has 2 N–H and O–H groups in total. The minimum atomic E-state index is -0.255. The second-order valence-electron chi connectivity index (χ2n) is 10.8. The molecular weight excluding hydrogens is 528 g/mol. The summed E-state index contributed by atoms with van der Waals surface area (Å²) in [5.41, 5.74) is 5.04. The number of aromatic hydroxyl groups is 1. The molecule has 7 nitrogen and oxygen atoms in total. The largest absolute Gasteiger partial charge is 0.504 e. The Balaban J connectivity index is 1.35. The molecular formula is C35H34N2O5.